The predicted molar refractivity (Wildman–Crippen MR) is 76.0 cm³/mol. The van der Waals surface area contributed by atoms with E-state index in [9.17, 15) is 5.11 Å². The number of likely N-dealkylation sites (N-methyl/N-ethyl adjacent to an activating group) is 1. The average molecular weight is 258 g/mol. The monoisotopic (exact) mass is 258 g/mol. The number of phenols is 1. The summed E-state index contributed by atoms with van der Waals surface area (Å²) >= 11 is 0. The fourth-order valence-electron chi connectivity index (χ4n) is 3.04. The molecular weight excluding hydrogens is 236 g/mol. The molecule has 0 aliphatic heterocycles. The smallest absolute Gasteiger partial charge is 0.119 e. The average Bonchev–Trinajstić information content (AvgIpc) is 2.44. The largest absolute Gasteiger partial charge is 0.508 e. The van der Waals surface area contributed by atoms with Crippen molar-refractivity contribution in [3.8, 4) is 11.8 Å². The van der Waals surface area contributed by atoms with Gasteiger partial charge in [-0.05, 0) is 56.0 Å². The third-order valence-corrected chi connectivity index (χ3v) is 4.09. The van der Waals surface area contributed by atoms with E-state index in [1.165, 1.54) is 5.56 Å². The minimum atomic E-state index is 0.448. The highest BCUT2D eigenvalue weighted by Gasteiger charge is 2.24. The second-order valence-electron chi connectivity index (χ2n) is 5.20. The van der Waals surface area contributed by atoms with Gasteiger partial charge in [-0.3, -0.25) is 0 Å². The molecule has 1 atom stereocenters. The first-order valence-corrected chi connectivity index (χ1v) is 7.17. The lowest BCUT2D eigenvalue weighted by atomic mass is 9.87. The van der Waals surface area contributed by atoms with E-state index in [0.29, 0.717) is 18.2 Å². The molecule has 0 amide bonds. The number of hydrogen-bond acceptors (Lipinski definition) is 3. The quantitative estimate of drug-likeness (QED) is 0.826. The van der Waals surface area contributed by atoms with E-state index < -0.39 is 0 Å². The molecule has 0 heterocycles. The summed E-state index contributed by atoms with van der Waals surface area (Å²) in [6, 6.07) is 8.61. The molecule has 0 bridgehead atoms. The van der Waals surface area contributed by atoms with Gasteiger partial charge in [-0.1, -0.05) is 19.1 Å². The van der Waals surface area contributed by atoms with Crippen LogP contribution in [0, 0.1) is 11.3 Å². The zero-order chi connectivity index (χ0) is 13.7. The van der Waals surface area contributed by atoms with Gasteiger partial charge in [0.2, 0.25) is 0 Å². The summed E-state index contributed by atoms with van der Waals surface area (Å²) < 4.78 is 0. The third-order valence-electron chi connectivity index (χ3n) is 4.09. The van der Waals surface area contributed by atoms with Crippen LogP contribution in [0.25, 0.3) is 0 Å². The first kappa shape index (κ1) is 13.9. The SMILES string of the molecule is CCN(CCCC#N)[C@@H]1CCc2c(O)cccc2C1. The Hall–Kier alpha value is -1.53. The molecule has 1 aromatic rings. The van der Waals surface area contributed by atoms with Gasteiger partial charge in [0.25, 0.3) is 0 Å². The van der Waals surface area contributed by atoms with Crippen LogP contribution >= 0.6 is 0 Å². The van der Waals surface area contributed by atoms with Crippen molar-refractivity contribution in [2.75, 3.05) is 13.1 Å². The lowest BCUT2D eigenvalue weighted by Gasteiger charge is -2.34. The summed E-state index contributed by atoms with van der Waals surface area (Å²) in [5.74, 6) is 0.448. The molecule has 2 rings (SSSR count). The number of nitriles is 1. The van der Waals surface area contributed by atoms with Gasteiger partial charge in [-0.15, -0.1) is 0 Å². The van der Waals surface area contributed by atoms with Crippen molar-refractivity contribution in [3.63, 3.8) is 0 Å². The first-order chi connectivity index (χ1) is 9.26. The highest BCUT2D eigenvalue weighted by Crippen LogP contribution is 2.30. The van der Waals surface area contributed by atoms with Gasteiger partial charge >= 0.3 is 0 Å². The van der Waals surface area contributed by atoms with Crippen LogP contribution in [0.3, 0.4) is 0 Å². The summed E-state index contributed by atoms with van der Waals surface area (Å²) in [6.45, 7) is 4.22. The third kappa shape index (κ3) is 3.27. The minimum absolute atomic E-state index is 0.448. The van der Waals surface area contributed by atoms with Crippen molar-refractivity contribution in [2.24, 2.45) is 0 Å². The second kappa shape index (κ2) is 6.58. The van der Waals surface area contributed by atoms with Gasteiger partial charge < -0.3 is 10.0 Å². The Bertz CT molecular complexity index is 464. The fourth-order valence-corrected chi connectivity index (χ4v) is 3.04. The number of benzene rings is 1. The van der Waals surface area contributed by atoms with Gasteiger partial charge in [0, 0.05) is 12.5 Å². The maximum atomic E-state index is 9.86. The Balaban J connectivity index is 2.02. The van der Waals surface area contributed by atoms with Gasteiger partial charge in [0.15, 0.2) is 0 Å². The van der Waals surface area contributed by atoms with Crippen LogP contribution in [0.1, 0.15) is 37.3 Å². The molecule has 3 heteroatoms. The number of aromatic hydroxyl groups is 1. The normalized spacial score (nSPS) is 18.1. The number of hydrogen-bond donors (Lipinski definition) is 1. The molecule has 0 unspecified atom stereocenters. The van der Waals surface area contributed by atoms with Crippen LogP contribution in [0.4, 0.5) is 0 Å². The summed E-state index contributed by atoms with van der Waals surface area (Å²) in [5, 5.41) is 18.5. The lowest BCUT2D eigenvalue weighted by Crippen LogP contribution is -2.39. The standard InChI is InChI=1S/C16H22N2O/c1-2-18(11-4-3-10-17)14-8-9-15-13(12-14)6-5-7-16(15)19/h5-7,14,19H,2-4,8-9,11-12H2,1H3/t14-/m1/s1. The predicted octanol–water partition coefficient (Wildman–Crippen LogP) is 2.88. The van der Waals surface area contributed by atoms with Crippen molar-refractivity contribution in [2.45, 2.75) is 45.1 Å². The van der Waals surface area contributed by atoms with E-state index in [2.05, 4.69) is 24.0 Å². The van der Waals surface area contributed by atoms with Crippen LogP contribution < -0.4 is 0 Å². The molecule has 1 aliphatic rings. The van der Waals surface area contributed by atoms with Crippen molar-refractivity contribution >= 4 is 0 Å². The van der Waals surface area contributed by atoms with E-state index in [0.717, 1.165) is 44.3 Å². The first-order valence-electron chi connectivity index (χ1n) is 7.17. The number of phenolic OH excluding ortho intramolecular Hbond substituents is 1. The van der Waals surface area contributed by atoms with Gasteiger partial charge in [0.05, 0.1) is 6.07 Å². The van der Waals surface area contributed by atoms with Crippen LogP contribution in [0.5, 0.6) is 5.75 Å². The molecule has 0 fully saturated rings. The van der Waals surface area contributed by atoms with Gasteiger partial charge in [0.1, 0.15) is 5.75 Å². The number of fused-ring (bicyclic) bond motifs is 1. The molecule has 1 aliphatic carbocycles. The molecule has 1 aromatic carbocycles. The summed E-state index contributed by atoms with van der Waals surface area (Å²) in [4.78, 5) is 2.48. The van der Waals surface area contributed by atoms with E-state index in [1.807, 2.05) is 6.07 Å². The zero-order valence-electron chi connectivity index (χ0n) is 11.6. The fraction of sp³-hybridized carbons (Fsp3) is 0.562. The maximum absolute atomic E-state index is 9.86. The van der Waals surface area contributed by atoms with E-state index in [-0.39, 0.29) is 0 Å². The van der Waals surface area contributed by atoms with Crippen LogP contribution in [0.2, 0.25) is 0 Å². The van der Waals surface area contributed by atoms with Crippen molar-refractivity contribution in [1.82, 2.24) is 4.90 Å². The zero-order valence-corrected chi connectivity index (χ0v) is 11.6. The Kier molecular flexibility index (Phi) is 4.81. The van der Waals surface area contributed by atoms with Crippen LogP contribution in [0.15, 0.2) is 18.2 Å². The van der Waals surface area contributed by atoms with Gasteiger partial charge in [-0.2, -0.15) is 5.26 Å². The number of rotatable bonds is 5. The number of unbranched alkanes of at least 4 members (excludes halogenated alkanes) is 1. The highest BCUT2D eigenvalue weighted by atomic mass is 16.3. The maximum Gasteiger partial charge on any atom is 0.119 e. The summed E-state index contributed by atoms with van der Waals surface area (Å²) in [5.41, 5.74) is 2.42. The van der Waals surface area contributed by atoms with Crippen molar-refractivity contribution in [1.29, 1.82) is 5.26 Å². The topological polar surface area (TPSA) is 47.3 Å². The molecule has 102 valence electrons. The molecular formula is C16H22N2O. The molecule has 1 N–H and O–H groups in total. The Morgan fingerprint density at radius 3 is 3.05 bits per heavy atom. The minimum Gasteiger partial charge on any atom is -0.508 e. The number of nitrogens with zero attached hydrogens (tertiary/aromatic N) is 2. The molecule has 0 saturated carbocycles. The van der Waals surface area contributed by atoms with E-state index >= 15 is 0 Å². The summed E-state index contributed by atoms with van der Waals surface area (Å²) in [7, 11) is 0. The molecule has 3 nitrogen and oxygen atoms in total. The van der Waals surface area contributed by atoms with Crippen LogP contribution in [-0.4, -0.2) is 29.1 Å². The Labute approximate surface area is 115 Å². The Morgan fingerprint density at radius 1 is 1.47 bits per heavy atom. The molecule has 19 heavy (non-hydrogen) atoms. The molecule has 0 radical (unpaired) electrons. The molecule has 0 aromatic heterocycles. The highest BCUT2D eigenvalue weighted by molar-refractivity contribution is 5.41. The molecule has 0 spiro atoms. The Morgan fingerprint density at radius 2 is 2.32 bits per heavy atom. The second-order valence-corrected chi connectivity index (χ2v) is 5.20. The van der Waals surface area contributed by atoms with Crippen molar-refractivity contribution in [3.05, 3.63) is 29.3 Å². The lowest BCUT2D eigenvalue weighted by molar-refractivity contribution is 0.187. The van der Waals surface area contributed by atoms with Crippen LogP contribution in [-0.2, 0) is 12.8 Å². The van der Waals surface area contributed by atoms with Gasteiger partial charge in [-0.25, -0.2) is 0 Å². The summed E-state index contributed by atoms with van der Waals surface area (Å²) in [6.07, 6.45) is 4.67. The van der Waals surface area contributed by atoms with Crippen molar-refractivity contribution < 1.29 is 5.11 Å². The van der Waals surface area contributed by atoms with E-state index in [1.54, 1.807) is 6.07 Å². The molecule has 0 saturated heterocycles. The van der Waals surface area contributed by atoms with E-state index in [4.69, 9.17) is 5.26 Å².